The van der Waals surface area contributed by atoms with Crippen LogP contribution in [0.1, 0.15) is 27.0 Å². The fourth-order valence-corrected chi connectivity index (χ4v) is 1.81. The van der Waals surface area contributed by atoms with Gasteiger partial charge in [-0.3, -0.25) is 4.79 Å². The van der Waals surface area contributed by atoms with Gasteiger partial charge in [0, 0.05) is 7.05 Å². The van der Waals surface area contributed by atoms with Crippen LogP contribution in [0.3, 0.4) is 0 Å². The van der Waals surface area contributed by atoms with Gasteiger partial charge in [0.05, 0.1) is 10.4 Å². The Balaban J connectivity index is 3.19. The molecule has 2 N–H and O–H groups in total. The molecule has 0 aliphatic rings. The van der Waals surface area contributed by atoms with Crippen molar-refractivity contribution in [2.24, 2.45) is 0 Å². The molecule has 0 aromatic carbocycles. The zero-order valence-electron chi connectivity index (χ0n) is 7.25. The number of anilines is 1. The number of carbonyl (C=O) groups excluding carboxylic acids is 1. The second kappa shape index (κ2) is 3.57. The molecule has 1 rings (SSSR count). The van der Waals surface area contributed by atoms with E-state index >= 15 is 0 Å². The van der Waals surface area contributed by atoms with E-state index in [0.29, 0.717) is 9.88 Å². The zero-order chi connectivity index (χ0) is 10.0. The van der Waals surface area contributed by atoms with Crippen LogP contribution in [-0.4, -0.2) is 23.9 Å². The van der Waals surface area contributed by atoms with E-state index in [2.05, 4.69) is 5.32 Å². The van der Waals surface area contributed by atoms with Gasteiger partial charge in [-0.25, -0.2) is 4.79 Å². The number of carboxylic acid groups (broad SMARTS) is 1. The molecule has 0 spiro atoms. The third-order valence-corrected chi connectivity index (χ3v) is 2.79. The van der Waals surface area contributed by atoms with Gasteiger partial charge >= 0.3 is 5.97 Å². The number of ketones is 1. The molecular weight excluding hydrogens is 190 g/mol. The van der Waals surface area contributed by atoms with Crippen molar-refractivity contribution in [1.82, 2.24) is 0 Å². The average molecular weight is 199 g/mol. The number of aromatic carboxylic acids is 1. The Bertz CT molecular complexity index is 356. The Kier molecular flexibility index (Phi) is 2.67. The van der Waals surface area contributed by atoms with E-state index in [0.717, 1.165) is 11.3 Å². The van der Waals surface area contributed by atoms with E-state index in [1.54, 1.807) is 7.05 Å². The Labute approximate surface area is 79.2 Å². The number of hydrogen-bond donors (Lipinski definition) is 2. The summed E-state index contributed by atoms with van der Waals surface area (Å²) in [5.74, 6) is -1.14. The first-order chi connectivity index (χ1) is 6.06. The lowest BCUT2D eigenvalue weighted by atomic mass is 10.2. The van der Waals surface area contributed by atoms with E-state index < -0.39 is 5.97 Å². The Morgan fingerprint density at radius 3 is 2.46 bits per heavy atom. The highest BCUT2D eigenvalue weighted by Gasteiger charge is 2.15. The molecule has 0 fully saturated rings. The topological polar surface area (TPSA) is 66.4 Å². The van der Waals surface area contributed by atoms with Crippen molar-refractivity contribution < 1.29 is 14.7 Å². The third-order valence-electron chi connectivity index (χ3n) is 1.54. The monoisotopic (exact) mass is 199 g/mol. The highest BCUT2D eigenvalue weighted by molar-refractivity contribution is 7.18. The van der Waals surface area contributed by atoms with Gasteiger partial charge in [0.2, 0.25) is 0 Å². The van der Waals surface area contributed by atoms with Crippen molar-refractivity contribution in [3.8, 4) is 0 Å². The highest BCUT2D eigenvalue weighted by atomic mass is 32.1. The molecule has 0 bridgehead atoms. The molecule has 0 saturated heterocycles. The molecule has 1 aromatic rings. The molecule has 4 nitrogen and oxygen atoms in total. The first-order valence-electron chi connectivity index (χ1n) is 3.62. The van der Waals surface area contributed by atoms with Crippen molar-refractivity contribution in [1.29, 1.82) is 0 Å². The summed E-state index contributed by atoms with van der Waals surface area (Å²) in [4.78, 5) is 22.1. The maximum Gasteiger partial charge on any atom is 0.338 e. The SMILES string of the molecule is CNc1sc(C(C)=O)cc1C(=O)O. The molecule has 70 valence electrons. The average Bonchev–Trinajstić information content (AvgIpc) is 2.47. The number of thiophene rings is 1. The smallest absolute Gasteiger partial charge is 0.338 e. The standard InChI is InChI=1S/C8H9NO3S/c1-4(10)6-3-5(8(11)12)7(9-2)13-6/h3,9H,1-2H3,(H,11,12). The number of nitrogens with one attached hydrogen (secondary N) is 1. The van der Waals surface area contributed by atoms with E-state index in [1.165, 1.54) is 13.0 Å². The summed E-state index contributed by atoms with van der Waals surface area (Å²) in [6, 6.07) is 1.39. The summed E-state index contributed by atoms with van der Waals surface area (Å²) >= 11 is 1.15. The number of hydrogen-bond acceptors (Lipinski definition) is 4. The Hall–Kier alpha value is -1.36. The summed E-state index contributed by atoms with van der Waals surface area (Å²) in [5, 5.41) is 12.0. The fourth-order valence-electron chi connectivity index (χ4n) is 0.909. The van der Waals surface area contributed by atoms with Crippen LogP contribution in [0.5, 0.6) is 0 Å². The second-order valence-corrected chi connectivity index (χ2v) is 3.52. The van der Waals surface area contributed by atoms with Crippen LogP contribution >= 0.6 is 11.3 Å². The molecule has 0 amide bonds. The second-order valence-electron chi connectivity index (χ2n) is 2.46. The van der Waals surface area contributed by atoms with Crippen molar-refractivity contribution in [2.45, 2.75) is 6.92 Å². The van der Waals surface area contributed by atoms with Crippen LogP contribution in [0.2, 0.25) is 0 Å². The minimum Gasteiger partial charge on any atom is -0.478 e. The normalized spacial score (nSPS) is 9.69. The minimum absolute atomic E-state index is 0.117. The predicted molar refractivity (Wildman–Crippen MR) is 50.8 cm³/mol. The van der Waals surface area contributed by atoms with Crippen molar-refractivity contribution >= 4 is 28.1 Å². The number of carboxylic acids is 1. The first-order valence-corrected chi connectivity index (χ1v) is 4.43. The Morgan fingerprint density at radius 2 is 2.15 bits per heavy atom. The molecule has 0 saturated carbocycles. The van der Waals surface area contributed by atoms with Crippen LogP contribution in [0, 0.1) is 0 Å². The van der Waals surface area contributed by atoms with Crippen LogP contribution in [0.25, 0.3) is 0 Å². The van der Waals surface area contributed by atoms with E-state index in [4.69, 9.17) is 5.11 Å². The molecule has 0 radical (unpaired) electrons. The molecule has 0 aliphatic heterocycles. The maximum atomic E-state index is 10.9. The van der Waals surface area contributed by atoms with Crippen LogP contribution < -0.4 is 5.32 Å². The number of Topliss-reactive ketones (excluding diaryl/α,β-unsaturated/α-hetero) is 1. The Morgan fingerprint density at radius 1 is 1.54 bits per heavy atom. The zero-order valence-corrected chi connectivity index (χ0v) is 8.07. The lowest BCUT2D eigenvalue weighted by Gasteiger charge is -1.94. The van der Waals surface area contributed by atoms with Gasteiger partial charge in [0.15, 0.2) is 5.78 Å². The third kappa shape index (κ3) is 1.86. The van der Waals surface area contributed by atoms with E-state index in [1.807, 2.05) is 0 Å². The lowest BCUT2D eigenvalue weighted by Crippen LogP contribution is -1.98. The van der Waals surface area contributed by atoms with E-state index in [-0.39, 0.29) is 11.3 Å². The van der Waals surface area contributed by atoms with Gasteiger partial charge in [0.25, 0.3) is 0 Å². The number of rotatable bonds is 3. The van der Waals surface area contributed by atoms with Crippen LogP contribution in [-0.2, 0) is 0 Å². The van der Waals surface area contributed by atoms with E-state index in [9.17, 15) is 9.59 Å². The molecule has 0 unspecified atom stereocenters. The van der Waals surface area contributed by atoms with Gasteiger partial charge in [-0.05, 0) is 13.0 Å². The molecule has 5 heteroatoms. The van der Waals surface area contributed by atoms with Gasteiger partial charge in [0.1, 0.15) is 5.00 Å². The van der Waals surface area contributed by atoms with Gasteiger partial charge in [-0.2, -0.15) is 0 Å². The van der Waals surface area contributed by atoms with Crippen molar-refractivity contribution in [3.63, 3.8) is 0 Å². The molecule has 1 aromatic heterocycles. The van der Waals surface area contributed by atoms with Crippen LogP contribution in [0.15, 0.2) is 6.07 Å². The van der Waals surface area contributed by atoms with Crippen LogP contribution in [0.4, 0.5) is 5.00 Å². The number of carbonyl (C=O) groups is 2. The quantitative estimate of drug-likeness (QED) is 0.727. The largest absolute Gasteiger partial charge is 0.478 e. The molecule has 13 heavy (non-hydrogen) atoms. The highest BCUT2D eigenvalue weighted by Crippen LogP contribution is 2.27. The van der Waals surface area contributed by atoms with Gasteiger partial charge in [-0.1, -0.05) is 0 Å². The minimum atomic E-state index is -1.02. The molecule has 0 atom stereocenters. The maximum absolute atomic E-state index is 10.9. The summed E-state index contributed by atoms with van der Waals surface area (Å²) in [5.41, 5.74) is 0.151. The van der Waals surface area contributed by atoms with Crippen molar-refractivity contribution in [2.75, 3.05) is 12.4 Å². The summed E-state index contributed by atoms with van der Waals surface area (Å²) in [6.07, 6.45) is 0. The molecule has 0 aliphatic carbocycles. The molecular formula is C8H9NO3S. The fraction of sp³-hybridized carbons (Fsp3) is 0.250. The first kappa shape index (κ1) is 9.73. The summed E-state index contributed by atoms with van der Waals surface area (Å²) in [7, 11) is 1.63. The lowest BCUT2D eigenvalue weighted by molar-refractivity contribution is 0.0698. The van der Waals surface area contributed by atoms with Crippen molar-refractivity contribution in [3.05, 3.63) is 16.5 Å². The summed E-state index contributed by atoms with van der Waals surface area (Å²) in [6.45, 7) is 1.41. The van der Waals surface area contributed by atoms with Gasteiger partial charge in [-0.15, -0.1) is 11.3 Å². The van der Waals surface area contributed by atoms with Gasteiger partial charge < -0.3 is 10.4 Å². The molecule has 1 heterocycles. The predicted octanol–water partition coefficient (Wildman–Crippen LogP) is 1.69. The summed E-state index contributed by atoms with van der Waals surface area (Å²) < 4.78 is 0.